The molecule has 0 saturated carbocycles. The maximum Gasteiger partial charge on any atom is 0.451 e. The van der Waals surface area contributed by atoms with Crippen molar-refractivity contribution in [3.63, 3.8) is 0 Å². The van der Waals surface area contributed by atoms with Crippen LogP contribution in [0.1, 0.15) is 22.9 Å². The normalized spacial score (nSPS) is 13.5. The summed E-state index contributed by atoms with van der Waals surface area (Å²) in [4.78, 5) is 6.66. The van der Waals surface area contributed by atoms with Gasteiger partial charge in [-0.2, -0.15) is 18.3 Å². The molecule has 1 unspecified atom stereocenters. The van der Waals surface area contributed by atoms with Crippen LogP contribution in [0.5, 0.6) is 0 Å². The maximum atomic E-state index is 12.4. The number of halogens is 3. The second kappa shape index (κ2) is 4.96. The van der Waals surface area contributed by atoms with Crippen LogP contribution in [0, 0.1) is 0 Å². The van der Waals surface area contributed by atoms with Gasteiger partial charge in [0, 0.05) is 38.1 Å². The fourth-order valence-electron chi connectivity index (χ4n) is 1.75. The van der Waals surface area contributed by atoms with Gasteiger partial charge < -0.3 is 5.73 Å². The second-order valence-corrected chi connectivity index (χ2v) is 4.07. The van der Waals surface area contributed by atoms with E-state index < -0.39 is 12.0 Å². The third-order valence-corrected chi connectivity index (χ3v) is 2.69. The van der Waals surface area contributed by atoms with Crippen LogP contribution in [0.25, 0.3) is 0 Å². The summed E-state index contributed by atoms with van der Waals surface area (Å²) in [5, 5.41) is 4.01. The Hall–Kier alpha value is -1.96. The summed E-state index contributed by atoms with van der Waals surface area (Å²) >= 11 is 0. The molecule has 19 heavy (non-hydrogen) atoms. The third kappa shape index (κ3) is 2.90. The quantitative estimate of drug-likeness (QED) is 0.914. The lowest BCUT2D eigenvalue weighted by Gasteiger charge is -2.13. The Morgan fingerprint density at radius 3 is 2.26 bits per heavy atom. The predicted octanol–water partition coefficient (Wildman–Crippen LogP) is 1.32. The van der Waals surface area contributed by atoms with E-state index in [0.29, 0.717) is 5.56 Å². The fourth-order valence-corrected chi connectivity index (χ4v) is 1.75. The van der Waals surface area contributed by atoms with E-state index in [1.807, 2.05) is 0 Å². The molecule has 102 valence electrons. The lowest BCUT2D eigenvalue weighted by atomic mass is 9.96. The smallest absolute Gasteiger partial charge is 0.330 e. The Balaban J connectivity index is 2.30. The number of aromatic nitrogens is 4. The van der Waals surface area contributed by atoms with E-state index in [0.717, 1.165) is 18.0 Å². The number of hydrogen-bond donors (Lipinski definition) is 1. The van der Waals surface area contributed by atoms with Gasteiger partial charge in [0.25, 0.3) is 0 Å². The fraction of sp³-hybridized carbons (Fsp3) is 0.364. The zero-order valence-corrected chi connectivity index (χ0v) is 10.1. The maximum absolute atomic E-state index is 12.4. The van der Waals surface area contributed by atoms with Gasteiger partial charge in [0.15, 0.2) is 0 Å². The predicted molar refractivity (Wildman–Crippen MR) is 61.1 cm³/mol. The lowest BCUT2D eigenvalue weighted by molar-refractivity contribution is -0.145. The van der Waals surface area contributed by atoms with Crippen LogP contribution in [0.4, 0.5) is 13.2 Å². The van der Waals surface area contributed by atoms with Crippen molar-refractivity contribution in [2.75, 3.05) is 6.54 Å². The van der Waals surface area contributed by atoms with Crippen LogP contribution >= 0.6 is 0 Å². The van der Waals surface area contributed by atoms with Crippen molar-refractivity contribution in [2.24, 2.45) is 12.8 Å². The first kappa shape index (κ1) is 13.5. The minimum Gasteiger partial charge on any atom is -0.330 e. The molecule has 2 N–H and O–H groups in total. The first-order valence-corrected chi connectivity index (χ1v) is 5.49. The van der Waals surface area contributed by atoms with Gasteiger partial charge in [0.2, 0.25) is 5.82 Å². The average Bonchev–Trinajstić information content (AvgIpc) is 2.76. The molecule has 2 aromatic rings. The molecule has 5 nitrogen and oxygen atoms in total. The van der Waals surface area contributed by atoms with Crippen molar-refractivity contribution >= 4 is 0 Å². The third-order valence-electron chi connectivity index (χ3n) is 2.69. The van der Waals surface area contributed by atoms with Crippen LogP contribution in [0.15, 0.2) is 24.8 Å². The molecule has 0 aliphatic rings. The summed E-state index contributed by atoms with van der Waals surface area (Å²) in [6, 6.07) is 0. The van der Waals surface area contributed by atoms with Gasteiger partial charge in [0.05, 0.1) is 6.20 Å². The van der Waals surface area contributed by atoms with Gasteiger partial charge in [0.1, 0.15) is 0 Å². The highest BCUT2D eigenvalue weighted by atomic mass is 19.4. The van der Waals surface area contributed by atoms with Crippen molar-refractivity contribution in [1.82, 2.24) is 19.7 Å². The molecule has 0 aromatic carbocycles. The number of rotatable bonds is 3. The molecule has 0 aliphatic heterocycles. The van der Waals surface area contributed by atoms with Crippen molar-refractivity contribution in [1.29, 1.82) is 0 Å². The molecule has 2 heterocycles. The molecule has 2 rings (SSSR count). The second-order valence-electron chi connectivity index (χ2n) is 4.07. The lowest BCUT2D eigenvalue weighted by Crippen LogP contribution is -2.16. The Bertz CT molecular complexity index is 546. The van der Waals surface area contributed by atoms with Crippen LogP contribution in [0.2, 0.25) is 0 Å². The molecule has 0 saturated heterocycles. The van der Waals surface area contributed by atoms with Crippen LogP contribution in [-0.2, 0) is 13.2 Å². The number of nitrogens with zero attached hydrogens (tertiary/aromatic N) is 4. The Labute approximate surface area is 107 Å². The Morgan fingerprint density at radius 2 is 1.84 bits per heavy atom. The molecule has 0 fully saturated rings. The summed E-state index contributed by atoms with van der Waals surface area (Å²) in [5.41, 5.74) is 7.00. The first-order valence-electron chi connectivity index (χ1n) is 5.49. The highest BCUT2D eigenvalue weighted by Crippen LogP contribution is 2.27. The number of aryl methyl sites for hydroxylation is 1. The van der Waals surface area contributed by atoms with Crippen molar-refractivity contribution < 1.29 is 13.2 Å². The van der Waals surface area contributed by atoms with E-state index in [1.54, 1.807) is 24.1 Å². The van der Waals surface area contributed by atoms with Crippen molar-refractivity contribution in [3.8, 4) is 0 Å². The monoisotopic (exact) mass is 271 g/mol. The van der Waals surface area contributed by atoms with E-state index in [-0.39, 0.29) is 12.5 Å². The van der Waals surface area contributed by atoms with E-state index >= 15 is 0 Å². The molecule has 2 aromatic heterocycles. The number of alkyl halides is 3. The minimum absolute atomic E-state index is 0.237. The molecule has 0 radical (unpaired) electrons. The molecule has 0 bridgehead atoms. The van der Waals surface area contributed by atoms with E-state index in [4.69, 9.17) is 5.73 Å². The Kier molecular flexibility index (Phi) is 3.52. The standard InChI is InChI=1S/C11H12F3N5/c1-19-6-8(5-18-19)9(2-15)7-3-16-10(17-4-7)11(12,13)14/h3-6,9H,2,15H2,1H3. The molecule has 8 heteroatoms. The number of hydrogen-bond acceptors (Lipinski definition) is 4. The highest BCUT2D eigenvalue weighted by Gasteiger charge is 2.34. The van der Waals surface area contributed by atoms with Gasteiger partial charge in [-0.05, 0) is 11.1 Å². The molecule has 0 amide bonds. The van der Waals surface area contributed by atoms with Crippen molar-refractivity contribution in [2.45, 2.75) is 12.1 Å². The van der Waals surface area contributed by atoms with Crippen LogP contribution in [-0.4, -0.2) is 26.3 Å². The Morgan fingerprint density at radius 1 is 1.21 bits per heavy atom. The van der Waals surface area contributed by atoms with Crippen molar-refractivity contribution in [3.05, 3.63) is 41.7 Å². The summed E-state index contributed by atoms with van der Waals surface area (Å²) in [5.74, 6) is -1.42. The molecular weight excluding hydrogens is 259 g/mol. The van der Waals surface area contributed by atoms with E-state index in [9.17, 15) is 13.2 Å². The van der Waals surface area contributed by atoms with E-state index in [1.165, 1.54) is 0 Å². The first-order chi connectivity index (χ1) is 8.91. The number of nitrogens with two attached hydrogens (primary N) is 1. The zero-order chi connectivity index (χ0) is 14.0. The van der Waals surface area contributed by atoms with Gasteiger partial charge >= 0.3 is 6.18 Å². The molecule has 0 spiro atoms. The van der Waals surface area contributed by atoms with Gasteiger partial charge in [-0.15, -0.1) is 0 Å². The summed E-state index contributed by atoms with van der Waals surface area (Å²) in [6.07, 6.45) is 1.15. The minimum atomic E-state index is -4.54. The summed E-state index contributed by atoms with van der Waals surface area (Å²) in [6.45, 7) is 0.237. The van der Waals surface area contributed by atoms with E-state index in [2.05, 4.69) is 15.1 Å². The van der Waals surface area contributed by atoms with Gasteiger partial charge in [-0.25, -0.2) is 9.97 Å². The molecular formula is C11H12F3N5. The zero-order valence-electron chi connectivity index (χ0n) is 10.1. The van der Waals surface area contributed by atoms with Gasteiger partial charge in [-0.1, -0.05) is 0 Å². The molecule has 1 atom stereocenters. The largest absolute Gasteiger partial charge is 0.451 e. The van der Waals surface area contributed by atoms with Crippen LogP contribution in [0.3, 0.4) is 0 Å². The summed E-state index contributed by atoms with van der Waals surface area (Å²) in [7, 11) is 1.75. The summed E-state index contributed by atoms with van der Waals surface area (Å²) < 4.78 is 38.7. The SMILES string of the molecule is Cn1cc(C(CN)c2cnc(C(F)(F)F)nc2)cn1. The van der Waals surface area contributed by atoms with Crippen LogP contribution < -0.4 is 5.73 Å². The average molecular weight is 271 g/mol. The topological polar surface area (TPSA) is 69.6 Å². The van der Waals surface area contributed by atoms with Gasteiger partial charge in [-0.3, -0.25) is 4.68 Å². The molecule has 0 aliphatic carbocycles. The highest BCUT2D eigenvalue weighted by molar-refractivity contribution is 5.27.